The van der Waals surface area contributed by atoms with Crippen LogP contribution in [0.25, 0.3) is 0 Å². The quantitative estimate of drug-likeness (QED) is 0.756. The molecule has 1 rings (SSSR count). The number of hydrogen-bond acceptors (Lipinski definition) is 2. The van der Waals surface area contributed by atoms with Crippen LogP contribution in [0.15, 0.2) is 46.7 Å². The Balaban J connectivity index is 2.40. The highest BCUT2D eigenvalue weighted by Crippen LogP contribution is 2.09. The maximum Gasteiger partial charge on any atom is 0.0773 e. The molecule has 0 heterocycles. The van der Waals surface area contributed by atoms with E-state index < -0.39 is 16.9 Å². The zero-order valence-corrected chi connectivity index (χ0v) is 11.0. The lowest BCUT2D eigenvalue weighted by atomic mass is 10.1. The Hall–Kier alpha value is -0.930. The molecule has 0 aliphatic heterocycles. The maximum absolute atomic E-state index is 11.8. The number of aliphatic hydroxyl groups excluding tert-OH is 1. The molecular weight excluding hydrogens is 232 g/mol. The Labute approximate surface area is 106 Å². The maximum atomic E-state index is 11.8. The molecule has 1 aromatic carbocycles. The summed E-state index contributed by atoms with van der Waals surface area (Å²) in [7, 11) is -1.15. The van der Waals surface area contributed by atoms with Crippen molar-refractivity contribution < 1.29 is 9.32 Å². The molecule has 1 N–H and O–H groups in total. The third-order valence-corrected chi connectivity index (χ3v) is 3.64. The fourth-order valence-corrected chi connectivity index (χ4v) is 2.40. The van der Waals surface area contributed by atoms with Gasteiger partial charge in [0, 0.05) is 10.3 Å². The summed E-state index contributed by atoms with van der Waals surface area (Å²) in [6.07, 6.45) is 5.20. The predicted molar refractivity (Wildman–Crippen MR) is 72.1 cm³/mol. The van der Waals surface area contributed by atoms with Crippen LogP contribution in [0.5, 0.6) is 0 Å². The molecule has 0 aromatic heterocycles. The Morgan fingerprint density at radius 1 is 1.29 bits per heavy atom. The van der Waals surface area contributed by atoms with Crippen LogP contribution < -0.4 is 0 Å². The summed E-state index contributed by atoms with van der Waals surface area (Å²) in [6, 6.07) is 9.26. The second-order valence-electron chi connectivity index (χ2n) is 4.00. The Morgan fingerprint density at radius 2 is 2.00 bits per heavy atom. The minimum atomic E-state index is -1.15. The minimum absolute atomic E-state index is 0.478. The van der Waals surface area contributed by atoms with Gasteiger partial charge in [0.2, 0.25) is 0 Å². The van der Waals surface area contributed by atoms with Crippen molar-refractivity contribution in [1.82, 2.24) is 0 Å². The summed E-state index contributed by atoms with van der Waals surface area (Å²) < 4.78 is 11.8. The lowest BCUT2D eigenvalue weighted by Crippen LogP contribution is -2.02. The number of hydrogen-bond donors (Lipinski definition) is 1. The van der Waals surface area contributed by atoms with Crippen LogP contribution in [0.2, 0.25) is 0 Å². The molecule has 0 saturated heterocycles. The third-order valence-electron chi connectivity index (χ3n) is 2.50. The molecule has 0 aliphatic rings. The summed E-state index contributed by atoms with van der Waals surface area (Å²) in [6.45, 7) is 2.13. The molecule has 1 aromatic rings. The van der Waals surface area contributed by atoms with E-state index in [0.29, 0.717) is 0 Å². The normalized spacial score (nSPS) is 14.9. The van der Waals surface area contributed by atoms with E-state index in [1.165, 1.54) is 0 Å². The van der Waals surface area contributed by atoms with Gasteiger partial charge >= 0.3 is 0 Å². The van der Waals surface area contributed by atoms with Crippen molar-refractivity contribution in [3.05, 3.63) is 41.8 Å². The highest BCUT2D eigenvalue weighted by molar-refractivity contribution is 7.88. The summed E-state index contributed by atoms with van der Waals surface area (Å²) >= 11 is 0. The lowest BCUT2D eigenvalue weighted by molar-refractivity contribution is 0.208. The molecule has 0 saturated carbocycles. The molecule has 2 nitrogen and oxygen atoms in total. The van der Waals surface area contributed by atoms with Crippen LogP contribution in [0, 0.1) is 0 Å². The first-order valence-corrected chi connectivity index (χ1v) is 7.27. The van der Waals surface area contributed by atoms with Crippen LogP contribution >= 0.6 is 0 Å². The molecule has 17 heavy (non-hydrogen) atoms. The second-order valence-corrected chi connectivity index (χ2v) is 5.34. The number of aliphatic hydroxyl groups is 1. The van der Waals surface area contributed by atoms with Gasteiger partial charge in [-0.2, -0.15) is 0 Å². The van der Waals surface area contributed by atoms with Gasteiger partial charge in [0.05, 0.1) is 16.9 Å². The van der Waals surface area contributed by atoms with E-state index in [0.717, 1.165) is 30.6 Å². The lowest BCUT2D eigenvalue weighted by Gasteiger charge is -2.04. The van der Waals surface area contributed by atoms with E-state index >= 15 is 0 Å². The van der Waals surface area contributed by atoms with Crippen molar-refractivity contribution >= 4 is 10.8 Å². The Bertz CT molecular complexity index is 360. The summed E-state index contributed by atoms with van der Waals surface area (Å²) in [5.74, 6) is 0. The van der Waals surface area contributed by atoms with Crippen molar-refractivity contribution in [2.75, 3.05) is 0 Å². The Kier molecular flexibility index (Phi) is 6.82. The standard InChI is InChI=1S/C14H20O2S/c1-2-3-5-8-13(15)11-12-17(16)14-9-6-4-7-10-14/h4,6-7,9-13,15H,2-3,5,8H2,1H3/b12-11-/t13-,17-/m1/s1. The highest BCUT2D eigenvalue weighted by atomic mass is 32.2. The first kappa shape index (κ1) is 14.1. The average molecular weight is 252 g/mol. The number of unbranched alkanes of at least 4 members (excludes halogenated alkanes) is 2. The van der Waals surface area contributed by atoms with Gasteiger partial charge in [-0.25, -0.2) is 4.21 Å². The number of benzene rings is 1. The molecule has 0 radical (unpaired) electrons. The third kappa shape index (κ3) is 5.80. The fraction of sp³-hybridized carbons (Fsp3) is 0.429. The second kappa shape index (κ2) is 8.20. The summed E-state index contributed by atoms with van der Waals surface area (Å²) in [5, 5.41) is 11.2. The molecule has 0 aliphatic carbocycles. The molecular formula is C14H20O2S. The van der Waals surface area contributed by atoms with Gasteiger partial charge in [0.1, 0.15) is 0 Å². The Morgan fingerprint density at radius 3 is 2.65 bits per heavy atom. The topological polar surface area (TPSA) is 37.3 Å². The molecule has 3 heteroatoms. The smallest absolute Gasteiger partial charge is 0.0773 e. The van der Waals surface area contributed by atoms with Gasteiger partial charge in [-0.3, -0.25) is 0 Å². The van der Waals surface area contributed by atoms with Gasteiger partial charge in [-0.05, 0) is 24.6 Å². The van der Waals surface area contributed by atoms with Crippen LogP contribution in [0.4, 0.5) is 0 Å². The molecule has 0 bridgehead atoms. The van der Waals surface area contributed by atoms with Crippen molar-refractivity contribution in [1.29, 1.82) is 0 Å². The van der Waals surface area contributed by atoms with Gasteiger partial charge in [0.15, 0.2) is 0 Å². The zero-order chi connectivity index (χ0) is 12.5. The molecule has 94 valence electrons. The van der Waals surface area contributed by atoms with Crippen LogP contribution in [0.1, 0.15) is 32.6 Å². The van der Waals surface area contributed by atoms with Crippen LogP contribution in [0.3, 0.4) is 0 Å². The average Bonchev–Trinajstić information content (AvgIpc) is 2.37. The van der Waals surface area contributed by atoms with Crippen LogP contribution in [-0.4, -0.2) is 15.4 Å². The van der Waals surface area contributed by atoms with Gasteiger partial charge < -0.3 is 5.11 Å². The van der Waals surface area contributed by atoms with E-state index in [2.05, 4.69) is 6.92 Å². The molecule has 0 amide bonds. The summed E-state index contributed by atoms with van der Waals surface area (Å²) in [4.78, 5) is 0.768. The fourth-order valence-electron chi connectivity index (χ4n) is 1.49. The van der Waals surface area contributed by atoms with Crippen molar-refractivity contribution in [2.24, 2.45) is 0 Å². The first-order valence-electron chi connectivity index (χ1n) is 6.06. The molecule has 0 fully saturated rings. The highest BCUT2D eigenvalue weighted by Gasteiger charge is 2.01. The van der Waals surface area contributed by atoms with Crippen molar-refractivity contribution in [3.63, 3.8) is 0 Å². The predicted octanol–water partition coefficient (Wildman–Crippen LogP) is 3.25. The molecule has 2 atom stereocenters. The van der Waals surface area contributed by atoms with Crippen molar-refractivity contribution in [3.8, 4) is 0 Å². The number of rotatable bonds is 7. The zero-order valence-electron chi connectivity index (χ0n) is 10.2. The van der Waals surface area contributed by atoms with Gasteiger partial charge in [-0.1, -0.05) is 44.4 Å². The summed E-state index contributed by atoms with van der Waals surface area (Å²) in [5.41, 5.74) is 0. The van der Waals surface area contributed by atoms with E-state index in [4.69, 9.17) is 0 Å². The largest absolute Gasteiger partial charge is 0.389 e. The SMILES string of the molecule is CCCCC[C@@H](O)/C=C\[S@@](=O)c1ccccc1. The van der Waals surface area contributed by atoms with E-state index in [-0.39, 0.29) is 0 Å². The van der Waals surface area contributed by atoms with Crippen molar-refractivity contribution in [2.45, 2.75) is 43.6 Å². The monoisotopic (exact) mass is 252 g/mol. The van der Waals surface area contributed by atoms with E-state index in [1.54, 1.807) is 11.5 Å². The van der Waals surface area contributed by atoms with E-state index in [9.17, 15) is 9.32 Å². The van der Waals surface area contributed by atoms with Gasteiger partial charge in [0.25, 0.3) is 0 Å². The molecule has 0 spiro atoms. The van der Waals surface area contributed by atoms with E-state index in [1.807, 2.05) is 30.3 Å². The first-order chi connectivity index (χ1) is 8.24. The minimum Gasteiger partial charge on any atom is -0.389 e. The van der Waals surface area contributed by atoms with Gasteiger partial charge in [-0.15, -0.1) is 0 Å². The molecule has 0 unspecified atom stereocenters. The van der Waals surface area contributed by atoms with Crippen LogP contribution in [-0.2, 0) is 10.8 Å².